The standard InChI is InChI=1S/C15H19ClN2O3S/c1-18(10-12-4-2-3-5-15(12)19)22(20,21)13-7-6-11(9-17)14(16)8-13/h6-8,12,15,19H,2-5,10H2,1H3. The van der Waals surface area contributed by atoms with E-state index in [2.05, 4.69) is 0 Å². The quantitative estimate of drug-likeness (QED) is 0.910. The lowest BCUT2D eigenvalue weighted by molar-refractivity contribution is 0.0620. The molecule has 5 nitrogen and oxygen atoms in total. The van der Waals surface area contributed by atoms with Gasteiger partial charge in [-0.3, -0.25) is 0 Å². The van der Waals surface area contributed by atoms with E-state index in [0.717, 1.165) is 25.7 Å². The number of hydrogen-bond donors (Lipinski definition) is 1. The van der Waals surface area contributed by atoms with E-state index in [9.17, 15) is 13.5 Å². The number of hydrogen-bond acceptors (Lipinski definition) is 4. The molecular weight excluding hydrogens is 324 g/mol. The highest BCUT2D eigenvalue weighted by Gasteiger charge is 2.29. The zero-order valence-corrected chi connectivity index (χ0v) is 13.9. The van der Waals surface area contributed by atoms with Gasteiger partial charge in [-0.15, -0.1) is 0 Å². The van der Waals surface area contributed by atoms with Gasteiger partial charge in [-0.05, 0) is 37.0 Å². The summed E-state index contributed by atoms with van der Waals surface area (Å²) < 4.78 is 26.4. The van der Waals surface area contributed by atoms with Crippen molar-refractivity contribution in [2.45, 2.75) is 36.7 Å². The highest BCUT2D eigenvalue weighted by Crippen LogP contribution is 2.27. The summed E-state index contributed by atoms with van der Waals surface area (Å²) in [7, 11) is -2.18. The minimum atomic E-state index is -3.68. The summed E-state index contributed by atoms with van der Waals surface area (Å²) in [6, 6.07) is 5.98. The van der Waals surface area contributed by atoms with Crippen molar-refractivity contribution in [2.75, 3.05) is 13.6 Å². The molecule has 2 unspecified atom stereocenters. The number of nitriles is 1. The van der Waals surface area contributed by atoms with Gasteiger partial charge in [-0.1, -0.05) is 24.4 Å². The van der Waals surface area contributed by atoms with Crippen molar-refractivity contribution >= 4 is 21.6 Å². The fourth-order valence-electron chi connectivity index (χ4n) is 2.76. The minimum absolute atomic E-state index is 0.0395. The molecule has 0 radical (unpaired) electrons. The average Bonchev–Trinajstić information content (AvgIpc) is 2.49. The van der Waals surface area contributed by atoms with Gasteiger partial charge in [0.2, 0.25) is 10.0 Å². The summed E-state index contributed by atoms with van der Waals surface area (Å²) in [5.41, 5.74) is 0.242. The smallest absolute Gasteiger partial charge is 0.242 e. The molecule has 2 atom stereocenters. The lowest BCUT2D eigenvalue weighted by Crippen LogP contribution is -2.38. The zero-order chi connectivity index (χ0) is 16.3. The van der Waals surface area contributed by atoms with Crippen LogP contribution in [0.15, 0.2) is 23.1 Å². The summed E-state index contributed by atoms with van der Waals surface area (Å²) in [4.78, 5) is 0.0595. The van der Waals surface area contributed by atoms with E-state index < -0.39 is 16.1 Å². The van der Waals surface area contributed by atoms with Gasteiger partial charge in [-0.2, -0.15) is 5.26 Å². The summed E-state index contributed by atoms with van der Waals surface area (Å²) in [6.07, 6.45) is 3.10. The van der Waals surface area contributed by atoms with E-state index >= 15 is 0 Å². The van der Waals surface area contributed by atoms with Crippen LogP contribution in [0, 0.1) is 17.2 Å². The topological polar surface area (TPSA) is 81.4 Å². The van der Waals surface area contributed by atoms with Crippen LogP contribution in [0.5, 0.6) is 0 Å². The van der Waals surface area contributed by atoms with Gasteiger partial charge >= 0.3 is 0 Å². The number of aliphatic hydroxyl groups excluding tert-OH is 1. The molecule has 1 saturated carbocycles. The van der Waals surface area contributed by atoms with Crippen molar-refractivity contribution in [1.82, 2.24) is 4.31 Å². The van der Waals surface area contributed by atoms with Crippen molar-refractivity contribution in [1.29, 1.82) is 5.26 Å². The maximum absolute atomic E-state index is 12.6. The predicted octanol–water partition coefficient (Wildman–Crippen LogP) is 2.38. The minimum Gasteiger partial charge on any atom is -0.393 e. The molecule has 0 saturated heterocycles. The highest BCUT2D eigenvalue weighted by atomic mass is 35.5. The van der Waals surface area contributed by atoms with E-state index in [0.29, 0.717) is 0 Å². The van der Waals surface area contributed by atoms with Crippen molar-refractivity contribution in [3.8, 4) is 6.07 Å². The van der Waals surface area contributed by atoms with Crippen LogP contribution in [0.4, 0.5) is 0 Å². The van der Waals surface area contributed by atoms with Crippen LogP contribution in [0.25, 0.3) is 0 Å². The van der Waals surface area contributed by atoms with Crippen LogP contribution in [0.1, 0.15) is 31.2 Å². The summed E-state index contributed by atoms with van der Waals surface area (Å²) >= 11 is 5.91. The molecule has 0 bridgehead atoms. The molecule has 22 heavy (non-hydrogen) atoms. The maximum atomic E-state index is 12.6. The van der Waals surface area contributed by atoms with Gasteiger partial charge in [0, 0.05) is 13.6 Å². The fourth-order valence-corrected chi connectivity index (χ4v) is 4.30. The molecule has 2 rings (SSSR count). The van der Waals surface area contributed by atoms with E-state index in [1.165, 1.54) is 29.6 Å². The fraction of sp³-hybridized carbons (Fsp3) is 0.533. The Hall–Kier alpha value is -1.13. The predicted molar refractivity (Wildman–Crippen MR) is 83.9 cm³/mol. The van der Waals surface area contributed by atoms with Crippen LogP contribution >= 0.6 is 11.6 Å². The van der Waals surface area contributed by atoms with Gasteiger partial charge in [0.25, 0.3) is 0 Å². The molecule has 1 fully saturated rings. The number of halogens is 1. The second kappa shape index (κ2) is 6.97. The third kappa shape index (κ3) is 3.61. The molecule has 1 aliphatic carbocycles. The van der Waals surface area contributed by atoms with E-state index in [-0.39, 0.29) is 27.9 Å². The largest absolute Gasteiger partial charge is 0.393 e. The molecule has 7 heteroatoms. The van der Waals surface area contributed by atoms with Crippen LogP contribution < -0.4 is 0 Å². The Bertz CT molecular complexity index is 685. The number of sulfonamides is 1. The molecule has 1 aliphatic rings. The second-order valence-electron chi connectivity index (χ2n) is 5.65. The average molecular weight is 343 g/mol. The highest BCUT2D eigenvalue weighted by molar-refractivity contribution is 7.89. The zero-order valence-electron chi connectivity index (χ0n) is 12.4. The summed E-state index contributed by atoms with van der Waals surface area (Å²) in [6.45, 7) is 0.279. The molecular formula is C15H19ClN2O3S. The van der Waals surface area contributed by atoms with Crippen LogP contribution in [-0.2, 0) is 10.0 Å². The Morgan fingerprint density at radius 1 is 1.41 bits per heavy atom. The maximum Gasteiger partial charge on any atom is 0.242 e. The molecule has 1 aromatic carbocycles. The van der Waals surface area contributed by atoms with Gasteiger partial charge in [0.15, 0.2) is 0 Å². The lowest BCUT2D eigenvalue weighted by atomic mass is 9.86. The molecule has 0 aromatic heterocycles. The first kappa shape index (κ1) is 17.2. The lowest BCUT2D eigenvalue weighted by Gasteiger charge is -2.30. The van der Waals surface area contributed by atoms with E-state index in [1.54, 1.807) is 0 Å². The molecule has 1 N–H and O–H groups in total. The Balaban J connectivity index is 2.18. The van der Waals surface area contributed by atoms with E-state index in [1.807, 2.05) is 6.07 Å². The third-order valence-corrected chi connectivity index (χ3v) is 6.26. The molecule has 0 amide bonds. The Morgan fingerprint density at radius 3 is 2.68 bits per heavy atom. The molecule has 0 spiro atoms. The Morgan fingerprint density at radius 2 is 2.09 bits per heavy atom. The van der Waals surface area contributed by atoms with Crippen LogP contribution in [0.2, 0.25) is 5.02 Å². The number of aliphatic hydroxyl groups is 1. The summed E-state index contributed by atoms with van der Waals surface area (Å²) in [5, 5.41) is 19.0. The first-order valence-corrected chi connectivity index (χ1v) is 9.02. The third-order valence-electron chi connectivity index (χ3n) is 4.13. The van der Waals surface area contributed by atoms with Crippen molar-refractivity contribution in [3.63, 3.8) is 0 Å². The van der Waals surface area contributed by atoms with Gasteiger partial charge in [-0.25, -0.2) is 12.7 Å². The monoisotopic (exact) mass is 342 g/mol. The van der Waals surface area contributed by atoms with Crippen molar-refractivity contribution in [3.05, 3.63) is 28.8 Å². The Labute approximate surface area is 136 Å². The SMILES string of the molecule is CN(CC1CCCCC1O)S(=O)(=O)c1ccc(C#N)c(Cl)c1. The van der Waals surface area contributed by atoms with Gasteiger partial charge in [0.1, 0.15) is 6.07 Å². The Kier molecular flexibility index (Phi) is 5.45. The van der Waals surface area contributed by atoms with Gasteiger partial charge in [0.05, 0.1) is 21.6 Å². The van der Waals surface area contributed by atoms with Gasteiger partial charge < -0.3 is 5.11 Å². The van der Waals surface area contributed by atoms with Crippen LogP contribution in [-0.4, -0.2) is 37.5 Å². The molecule has 1 aromatic rings. The number of benzene rings is 1. The van der Waals surface area contributed by atoms with Crippen LogP contribution in [0.3, 0.4) is 0 Å². The number of nitrogens with zero attached hydrogens (tertiary/aromatic N) is 2. The second-order valence-corrected chi connectivity index (χ2v) is 8.10. The van der Waals surface area contributed by atoms with Crippen molar-refractivity contribution in [2.24, 2.45) is 5.92 Å². The molecule has 0 aliphatic heterocycles. The van der Waals surface area contributed by atoms with E-state index in [4.69, 9.17) is 16.9 Å². The van der Waals surface area contributed by atoms with Crippen molar-refractivity contribution < 1.29 is 13.5 Å². The normalized spacial score (nSPS) is 22.5. The first-order valence-electron chi connectivity index (χ1n) is 7.20. The molecule has 120 valence electrons. The first-order chi connectivity index (χ1) is 10.4. The molecule has 0 heterocycles. The summed E-state index contributed by atoms with van der Waals surface area (Å²) in [5.74, 6) is -0.0395. The number of rotatable bonds is 4.